The lowest BCUT2D eigenvalue weighted by Gasteiger charge is -2.05. The zero-order valence-electron chi connectivity index (χ0n) is 8.50. The van der Waals surface area contributed by atoms with Crippen molar-refractivity contribution in [3.63, 3.8) is 0 Å². The Balaban J connectivity index is 0.000000202. The monoisotopic (exact) mass is 243 g/mol. The summed E-state index contributed by atoms with van der Waals surface area (Å²) < 4.78 is 35.3. The molecule has 2 aromatic heterocycles. The lowest BCUT2D eigenvalue weighted by molar-refractivity contribution is -0.629. The summed E-state index contributed by atoms with van der Waals surface area (Å²) in [5.74, 6) is 0. The van der Waals surface area contributed by atoms with Crippen LogP contribution in [0.1, 0.15) is 5.69 Å². The summed E-state index contributed by atoms with van der Waals surface area (Å²) in [7, 11) is 0. The molecule has 2 rings (SSSR count). The molecule has 0 aliphatic heterocycles. The van der Waals surface area contributed by atoms with Crippen molar-refractivity contribution in [1.29, 1.82) is 0 Å². The van der Waals surface area contributed by atoms with Gasteiger partial charge in [0.1, 0.15) is 6.33 Å². The van der Waals surface area contributed by atoms with Crippen molar-refractivity contribution >= 4 is 0 Å². The Bertz CT molecular complexity index is 421. The maximum atomic E-state index is 11.8. The smallest absolute Gasteiger partial charge is 0.478 e. The summed E-state index contributed by atoms with van der Waals surface area (Å²) in [6.07, 6.45) is 1.12. The van der Waals surface area contributed by atoms with Gasteiger partial charge in [0.2, 0.25) is 0 Å². The minimum absolute atomic E-state index is 0.208. The second-order valence-electron chi connectivity index (χ2n) is 2.81. The molecule has 0 saturated carbocycles. The maximum Gasteiger partial charge on any atom is 0.478 e. The van der Waals surface area contributed by atoms with E-state index >= 15 is 0 Å². The third-order valence-electron chi connectivity index (χ3n) is 1.59. The lowest BCUT2D eigenvalue weighted by atomic mass is 10.3. The minimum Gasteiger partial charge on any atom is -0.618 e. The zero-order valence-corrected chi connectivity index (χ0v) is 8.50. The van der Waals surface area contributed by atoms with Gasteiger partial charge in [0.25, 0.3) is 5.69 Å². The summed E-state index contributed by atoms with van der Waals surface area (Å²) in [4.78, 5) is 7.35. The van der Waals surface area contributed by atoms with Crippen molar-refractivity contribution < 1.29 is 17.9 Å². The van der Waals surface area contributed by atoms with Crippen LogP contribution in [0, 0.1) is 5.21 Å². The van der Waals surface area contributed by atoms with Crippen LogP contribution in [0.3, 0.4) is 0 Å². The van der Waals surface area contributed by atoms with E-state index in [0.29, 0.717) is 0 Å². The summed E-state index contributed by atoms with van der Waals surface area (Å²) in [6, 6.07) is 4.91. The molecule has 0 bridgehead atoms. The molecular formula is C10H8F3N3O. The van der Waals surface area contributed by atoms with Crippen LogP contribution in [-0.2, 0) is 6.18 Å². The molecule has 0 N–H and O–H groups in total. The molecule has 0 radical (unpaired) electrons. The quantitative estimate of drug-likeness (QED) is 0.523. The van der Waals surface area contributed by atoms with Gasteiger partial charge in [-0.15, -0.1) is 0 Å². The van der Waals surface area contributed by atoms with Gasteiger partial charge in [0.15, 0.2) is 6.20 Å². The third kappa shape index (κ3) is 4.45. The van der Waals surface area contributed by atoms with Crippen LogP contribution in [0.2, 0.25) is 0 Å². The van der Waals surface area contributed by atoms with E-state index in [2.05, 4.69) is 9.97 Å². The van der Waals surface area contributed by atoms with Crippen molar-refractivity contribution in [2.75, 3.05) is 0 Å². The number of alkyl halides is 3. The van der Waals surface area contributed by atoms with Crippen LogP contribution in [0.15, 0.2) is 49.2 Å². The molecule has 0 aromatic carbocycles. The van der Waals surface area contributed by atoms with E-state index in [1.165, 1.54) is 12.4 Å². The van der Waals surface area contributed by atoms with Crippen molar-refractivity contribution in [1.82, 2.24) is 9.97 Å². The number of aromatic nitrogens is 3. The number of rotatable bonds is 0. The molecule has 7 heteroatoms. The van der Waals surface area contributed by atoms with E-state index in [4.69, 9.17) is 0 Å². The van der Waals surface area contributed by atoms with Crippen LogP contribution in [0.4, 0.5) is 13.2 Å². The van der Waals surface area contributed by atoms with E-state index in [-0.39, 0.29) is 4.73 Å². The Hall–Kier alpha value is -2.18. The van der Waals surface area contributed by atoms with Gasteiger partial charge in [-0.2, -0.15) is 17.9 Å². The first kappa shape index (κ1) is 12.9. The largest absolute Gasteiger partial charge is 0.618 e. The molecule has 0 aliphatic rings. The predicted octanol–water partition coefficient (Wildman–Crippen LogP) is 1.82. The van der Waals surface area contributed by atoms with E-state index < -0.39 is 11.9 Å². The SMILES string of the molecule is [O-][n+]1ccccc1C(F)(F)F.c1cncnc1. The average molecular weight is 243 g/mol. The fourth-order valence-corrected chi connectivity index (χ4v) is 0.901. The van der Waals surface area contributed by atoms with Crippen molar-refractivity contribution in [2.24, 2.45) is 0 Å². The first-order valence-electron chi connectivity index (χ1n) is 4.47. The Morgan fingerprint density at radius 1 is 1.06 bits per heavy atom. The Kier molecular flexibility index (Phi) is 4.38. The highest BCUT2D eigenvalue weighted by Gasteiger charge is 2.39. The van der Waals surface area contributed by atoms with E-state index in [9.17, 15) is 18.4 Å². The topological polar surface area (TPSA) is 52.7 Å². The van der Waals surface area contributed by atoms with Crippen LogP contribution in [0.5, 0.6) is 0 Å². The van der Waals surface area contributed by atoms with Crippen molar-refractivity contribution in [2.45, 2.75) is 6.18 Å². The molecule has 0 atom stereocenters. The van der Waals surface area contributed by atoms with Gasteiger partial charge < -0.3 is 5.21 Å². The molecule has 0 amide bonds. The van der Waals surface area contributed by atoms with E-state index in [0.717, 1.165) is 18.3 Å². The van der Waals surface area contributed by atoms with Gasteiger partial charge >= 0.3 is 6.18 Å². The van der Waals surface area contributed by atoms with Crippen LogP contribution in [-0.4, -0.2) is 9.97 Å². The molecule has 4 nitrogen and oxygen atoms in total. The summed E-state index contributed by atoms with van der Waals surface area (Å²) in [6.45, 7) is 0. The summed E-state index contributed by atoms with van der Waals surface area (Å²) in [5.41, 5.74) is -1.19. The Morgan fingerprint density at radius 2 is 1.71 bits per heavy atom. The van der Waals surface area contributed by atoms with E-state index in [1.54, 1.807) is 18.5 Å². The van der Waals surface area contributed by atoms with Gasteiger partial charge in [-0.25, -0.2) is 9.97 Å². The first-order valence-corrected chi connectivity index (χ1v) is 4.47. The number of hydrogen-bond acceptors (Lipinski definition) is 3. The van der Waals surface area contributed by atoms with Gasteiger partial charge in [-0.05, 0) is 12.1 Å². The number of halogens is 3. The molecule has 2 heterocycles. The van der Waals surface area contributed by atoms with Crippen LogP contribution < -0.4 is 4.73 Å². The van der Waals surface area contributed by atoms with Gasteiger partial charge in [0.05, 0.1) is 0 Å². The normalized spacial score (nSPS) is 10.3. The fourth-order valence-electron chi connectivity index (χ4n) is 0.901. The maximum absolute atomic E-state index is 11.8. The fraction of sp³-hybridized carbons (Fsp3) is 0.100. The Morgan fingerprint density at radius 3 is 2.00 bits per heavy atom. The molecule has 0 spiro atoms. The molecule has 2 aromatic rings. The average Bonchev–Trinajstić information content (AvgIpc) is 2.31. The van der Waals surface area contributed by atoms with Gasteiger partial charge in [0, 0.05) is 24.5 Å². The first-order chi connectivity index (χ1) is 8.02. The highest BCUT2D eigenvalue weighted by Crippen LogP contribution is 2.25. The van der Waals surface area contributed by atoms with Crippen LogP contribution in [0.25, 0.3) is 0 Å². The second-order valence-corrected chi connectivity index (χ2v) is 2.81. The van der Waals surface area contributed by atoms with Gasteiger partial charge in [-0.1, -0.05) is 0 Å². The molecule has 0 fully saturated rings. The molecule has 0 saturated heterocycles. The van der Waals surface area contributed by atoms with E-state index in [1.807, 2.05) is 0 Å². The van der Waals surface area contributed by atoms with Crippen LogP contribution >= 0.6 is 0 Å². The zero-order chi connectivity index (χ0) is 12.7. The highest BCUT2D eigenvalue weighted by molar-refractivity contribution is 5.00. The molecule has 0 aliphatic carbocycles. The van der Waals surface area contributed by atoms with Gasteiger partial charge in [-0.3, -0.25) is 0 Å². The standard InChI is InChI=1S/C6H4F3NO.C4H4N2/c7-6(8,9)5-3-1-2-4-10(5)11;1-2-5-4-6-3-1/h1-4H;1-4H. The molecule has 17 heavy (non-hydrogen) atoms. The van der Waals surface area contributed by atoms with Crippen molar-refractivity contribution in [3.8, 4) is 0 Å². The molecular weight excluding hydrogens is 235 g/mol. The summed E-state index contributed by atoms with van der Waals surface area (Å²) >= 11 is 0. The Labute approximate surface area is 95.0 Å². The highest BCUT2D eigenvalue weighted by atomic mass is 19.4. The van der Waals surface area contributed by atoms with Crippen molar-refractivity contribution in [3.05, 3.63) is 60.1 Å². The second kappa shape index (κ2) is 5.78. The molecule has 0 unspecified atom stereocenters. The lowest BCUT2D eigenvalue weighted by Crippen LogP contribution is -2.35. The molecule has 90 valence electrons. The third-order valence-corrected chi connectivity index (χ3v) is 1.59. The predicted molar refractivity (Wildman–Crippen MR) is 52.4 cm³/mol. The number of nitrogens with zero attached hydrogens (tertiary/aromatic N) is 3. The summed E-state index contributed by atoms with van der Waals surface area (Å²) in [5, 5.41) is 10.5. The number of hydrogen-bond donors (Lipinski definition) is 0. The number of pyridine rings is 1. The minimum atomic E-state index is -4.57.